The average Bonchev–Trinajstić information content (AvgIpc) is 3.44. The number of rotatable bonds is 7. The van der Waals surface area contributed by atoms with E-state index >= 15 is 0 Å². The van der Waals surface area contributed by atoms with E-state index in [1.807, 2.05) is 54.6 Å². The lowest BCUT2D eigenvalue weighted by atomic mass is 10.1. The van der Waals surface area contributed by atoms with E-state index in [2.05, 4.69) is 16.7 Å². The molecule has 1 aliphatic heterocycles. The first-order chi connectivity index (χ1) is 16.6. The van der Waals surface area contributed by atoms with Crippen molar-refractivity contribution in [2.75, 3.05) is 32.8 Å². The number of ether oxygens (including phenoxy) is 3. The Morgan fingerprint density at radius 2 is 1.68 bits per heavy atom. The van der Waals surface area contributed by atoms with Crippen molar-refractivity contribution in [3.8, 4) is 17.2 Å². The topological polar surface area (TPSA) is 65.8 Å². The molecule has 2 heterocycles. The standard InChI is InChI=1S/C27H27N3O4/c1-32-20-12-13-25(34-3)23(15-20)29-17-19(14-26(29)31)27-28-21-9-5-6-10-22(21)30(27)16-18-8-4-7-11-24(18)33-2/h4-13,15,19H,14,16-17H2,1-3H3. The maximum atomic E-state index is 13.2. The van der Waals surface area contributed by atoms with Gasteiger partial charge in [0.2, 0.25) is 5.91 Å². The van der Waals surface area contributed by atoms with Crippen LogP contribution < -0.4 is 19.1 Å². The van der Waals surface area contributed by atoms with Gasteiger partial charge in [-0.3, -0.25) is 4.79 Å². The minimum Gasteiger partial charge on any atom is -0.497 e. The highest BCUT2D eigenvalue weighted by Gasteiger charge is 2.36. The SMILES string of the molecule is COc1ccc(OC)c(N2CC(c3nc4ccccc4n3Cc3ccccc3OC)CC2=O)c1. The van der Waals surface area contributed by atoms with E-state index in [1.54, 1.807) is 26.2 Å². The van der Waals surface area contributed by atoms with Crippen molar-refractivity contribution < 1.29 is 19.0 Å². The number of imidazole rings is 1. The summed E-state index contributed by atoms with van der Waals surface area (Å²) in [6.45, 7) is 1.12. The number of anilines is 1. The molecular weight excluding hydrogens is 430 g/mol. The van der Waals surface area contributed by atoms with Gasteiger partial charge in [0.05, 0.1) is 44.6 Å². The third-order valence-electron chi connectivity index (χ3n) is 6.37. The van der Waals surface area contributed by atoms with Crippen LogP contribution in [0.15, 0.2) is 66.7 Å². The Hall–Kier alpha value is -4.00. The summed E-state index contributed by atoms with van der Waals surface area (Å²) in [6, 6.07) is 21.6. The molecule has 174 valence electrons. The highest BCUT2D eigenvalue weighted by atomic mass is 16.5. The molecule has 4 aromatic rings. The smallest absolute Gasteiger partial charge is 0.227 e. The second-order valence-electron chi connectivity index (χ2n) is 8.30. The predicted octanol–water partition coefficient (Wildman–Crippen LogP) is 4.63. The predicted molar refractivity (Wildman–Crippen MR) is 131 cm³/mol. The quantitative estimate of drug-likeness (QED) is 0.405. The van der Waals surface area contributed by atoms with Gasteiger partial charge in [0.1, 0.15) is 23.1 Å². The number of hydrogen-bond donors (Lipinski definition) is 0. The van der Waals surface area contributed by atoms with Crippen molar-refractivity contribution >= 4 is 22.6 Å². The first-order valence-electron chi connectivity index (χ1n) is 11.2. The zero-order valence-corrected chi connectivity index (χ0v) is 19.5. The molecule has 1 unspecified atom stereocenters. The number of carbonyl (C=O) groups is 1. The summed E-state index contributed by atoms with van der Waals surface area (Å²) in [7, 11) is 4.90. The van der Waals surface area contributed by atoms with Crippen LogP contribution in [-0.4, -0.2) is 43.3 Å². The van der Waals surface area contributed by atoms with E-state index in [4.69, 9.17) is 19.2 Å². The van der Waals surface area contributed by atoms with Crippen LogP contribution >= 0.6 is 0 Å². The average molecular weight is 458 g/mol. The van der Waals surface area contributed by atoms with Crippen LogP contribution in [0.5, 0.6) is 17.2 Å². The molecule has 7 heteroatoms. The molecule has 1 amide bonds. The summed E-state index contributed by atoms with van der Waals surface area (Å²) in [5.74, 6) is 3.01. The highest BCUT2D eigenvalue weighted by Crippen LogP contribution is 2.39. The molecule has 0 aliphatic carbocycles. The summed E-state index contributed by atoms with van der Waals surface area (Å²) >= 11 is 0. The largest absolute Gasteiger partial charge is 0.497 e. The minimum atomic E-state index is -0.0643. The number of aromatic nitrogens is 2. The monoisotopic (exact) mass is 457 g/mol. The molecule has 5 rings (SSSR count). The number of hydrogen-bond acceptors (Lipinski definition) is 5. The van der Waals surface area contributed by atoms with E-state index in [0.29, 0.717) is 36.7 Å². The summed E-state index contributed by atoms with van der Waals surface area (Å²) in [5.41, 5.74) is 3.72. The Morgan fingerprint density at radius 3 is 2.47 bits per heavy atom. The van der Waals surface area contributed by atoms with Crippen molar-refractivity contribution in [3.05, 3.63) is 78.1 Å². The zero-order chi connectivity index (χ0) is 23.7. The van der Waals surface area contributed by atoms with Crippen LogP contribution in [0.1, 0.15) is 23.7 Å². The number of para-hydroxylation sites is 3. The van der Waals surface area contributed by atoms with Gasteiger partial charge in [0, 0.05) is 30.5 Å². The molecule has 0 bridgehead atoms. The van der Waals surface area contributed by atoms with E-state index in [9.17, 15) is 4.79 Å². The van der Waals surface area contributed by atoms with Gasteiger partial charge < -0.3 is 23.7 Å². The van der Waals surface area contributed by atoms with Crippen LogP contribution in [0.4, 0.5) is 5.69 Å². The van der Waals surface area contributed by atoms with Gasteiger partial charge in [0.15, 0.2) is 0 Å². The Kier molecular flexibility index (Phi) is 5.84. The zero-order valence-electron chi connectivity index (χ0n) is 19.5. The van der Waals surface area contributed by atoms with Gasteiger partial charge in [-0.05, 0) is 30.3 Å². The summed E-state index contributed by atoms with van der Waals surface area (Å²) in [5, 5.41) is 0. The van der Waals surface area contributed by atoms with Gasteiger partial charge in [-0.15, -0.1) is 0 Å². The number of carbonyl (C=O) groups excluding carboxylic acids is 1. The van der Waals surface area contributed by atoms with Crippen molar-refractivity contribution in [1.29, 1.82) is 0 Å². The molecule has 1 saturated heterocycles. The van der Waals surface area contributed by atoms with Crippen molar-refractivity contribution in [1.82, 2.24) is 9.55 Å². The van der Waals surface area contributed by atoms with Crippen LogP contribution in [0.2, 0.25) is 0 Å². The fraction of sp³-hybridized carbons (Fsp3) is 0.259. The van der Waals surface area contributed by atoms with Crippen LogP contribution in [0, 0.1) is 0 Å². The molecule has 0 N–H and O–H groups in total. The lowest BCUT2D eigenvalue weighted by Crippen LogP contribution is -2.25. The van der Waals surface area contributed by atoms with E-state index in [0.717, 1.165) is 28.2 Å². The fourth-order valence-corrected chi connectivity index (χ4v) is 4.70. The Bertz CT molecular complexity index is 1350. The minimum absolute atomic E-state index is 0.0347. The highest BCUT2D eigenvalue weighted by molar-refractivity contribution is 5.98. The van der Waals surface area contributed by atoms with Gasteiger partial charge in [-0.2, -0.15) is 0 Å². The maximum absolute atomic E-state index is 13.2. The second kappa shape index (κ2) is 9.09. The van der Waals surface area contributed by atoms with E-state index < -0.39 is 0 Å². The molecule has 7 nitrogen and oxygen atoms in total. The third kappa shape index (κ3) is 3.83. The summed E-state index contributed by atoms with van der Waals surface area (Å²) < 4.78 is 18.7. The summed E-state index contributed by atoms with van der Waals surface area (Å²) in [4.78, 5) is 19.9. The first-order valence-corrected chi connectivity index (χ1v) is 11.2. The summed E-state index contributed by atoms with van der Waals surface area (Å²) in [6.07, 6.45) is 0.371. The Labute approximate surface area is 198 Å². The lowest BCUT2D eigenvalue weighted by Gasteiger charge is -2.21. The van der Waals surface area contributed by atoms with E-state index in [1.165, 1.54) is 0 Å². The van der Waals surface area contributed by atoms with Crippen LogP contribution in [-0.2, 0) is 11.3 Å². The van der Waals surface area contributed by atoms with E-state index in [-0.39, 0.29) is 11.8 Å². The van der Waals surface area contributed by atoms with Crippen LogP contribution in [0.3, 0.4) is 0 Å². The first kappa shape index (κ1) is 21.8. The molecule has 1 fully saturated rings. The molecule has 0 spiro atoms. The number of methoxy groups -OCH3 is 3. The molecule has 0 radical (unpaired) electrons. The molecule has 0 saturated carbocycles. The fourth-order valence-electron chi connectivity index (χ4n) is 4.70. The number of fused-ring (bicyclic) bond motifs is 1. The molecule has 3 aromatic carbocycles. The molecule has 1 atom stereocenters. The Morgan fingerprint density at radius 1 is 0.912 bits per heavy atom. The molecular formula is C27H27N3O4. The van der Waals surface area contributed by atoms with Gasteiger partial charge in [0.25, 0.3) is 0 Å². The third-order valence-corrected chi connectivity index (χ3v) is 6.37. The number of nitrogens with zero attached hydrogens (tertiary/aromatic N) is 3. The van der Waals surface area contributed by atoms with Gasteiger partial charge in [-0.1, -0.05) is 30.3 Å². The van der Waals surface area contributed by atoms with Crippen molar-refractivity contribution in [3.63, 3.8) is 0 Å². The van der Waals surface area contributed by atoms with Crippen molar-refractivity contribution in [2.45, 2.75) is 18.9 Å². The van der Waals surface area contributed by atoms with Crippen LogP contribution in [0.25, 0.3) is 11.0 Å². The lowest BCUT2D eigenvalue weighted by molar-refractivity contribution is -0.117. The van der Waals surface area contributed by atoms with Gasteiger partial charge in [-0.25, -0.2) is 4.98 Å². The maximum Gasteiger partial charge on any atom is 0.227 e. The van der Waals surface area contributed by atoms with Gasteiger partial charge >= 0.3 is 0 Å². The van der Waals surface area contributed by atoms with Crippen molar-refractivity contribution in [2.24, 2.45) is 0 Å². The normalized spacial score (nSPS) is 15.7. The number of benzene rings is 3. The molecule has 1 aromatic heterocycles. The molecule has 34 heavy (non-hydrogen) atoms. The number of amides is 1. The Balaban J connectivity index is 1.54. The molecule has 1 aliphatic rings. The second-order valence-corrected chi connectivity index (χ2v) is 8.30.